The first-order chi connectivity index (χ1) is 8.00. The highest BCUT2D eigenvalue weighted by Crippen LogP contribution is 2.26. The summed E-state index contributed by atoms with van der Waals surface area (Å²) in [5.41, 5.74) is 0. The number of nitrogens with one attached hydrogen (secondary N) is 1. The number of nitrogens with zero attached hydrogens (tertiary/aromatic N) is 1. The van der Waals surface area contributed by atoms with Gasteiger partial charge in [0.25, 0.3) is 0 Å². The quantitative estimate of drug-likeness (QED) is 0.727. The Morgan fingerprint density at radius 3 is 2.24 bits per heavy atom. The molecule has 4 nitrogen and oxygen atoms in total. The highest BCUT2D eigenvalue weighted by Gasteiger charge is 2.42. The van der Waals surface area contributed by atoms with Crippen LogP contribution >= 0.6 is 0 Å². The van der Waals surface area contributed by atoms with Gasteiger partial charge in [0.15, 0.2) is 0 Å². The van der Waals surface area contributed by atoms with Gasteiger partial charge >= 0.3 is 0 Å². The zero-order chi connectivity index (χ0) is 12.6. The maximum Gasteiger partial charge on any atom is 0.232 e. The molecule has 1 saturated carbocycles. The smallest absolute Gasteiger partial charge is 0.232 e. The molecule has 0 aromatic carbocycles. The molecule has 3 atom stereocenters. The van der Waals surface area contributed by atoms with E-state index in [0.717, 1.165) is 6.54 Å². The lowest BCUT2D eigenvalue weighted by atomic mass is 10.00. The molecule has 3 unspecified atom stereocenters. The zero-order valence-corrected chi connectivity index (χ0v) is 10.9. The maximum absolute atomic E-state index is 11.9. The first-order valence-corrected chi connectivity index (χ1v) is 6.59. The van der Waals surface area contributed by atoms with Gasteiger partial charge in [-0.25, -0.2) is 0 Å². The molecule has 2 amide bonds. The van der Waals surface area contributed by atoms with E-state index in [0.29, 0.717) is 18.5 Å². The van der Waals surface area contributed by atoms with Crippen molar-refractivity contribution in [3.8, 4) is 0 Å². The minimum atomic E-state index is -0.147. The number of likely N-dealkylation sites (tertiary alicyclic amines) is 1. The van der Waals surface area contributed by atoms with Crippen molar-refractivity contribution in [2.75, 3.05) is 13.1 Å². The fourth-order valence-electron chi connectivity index (χ4n) is 2.24. The lowest BCUT2D eigenvalue weighted by molar-refractivity contribution is -0.140. The maximum atomic E-state index is 11.9. The summed E-state index contributed by atoms with van der Waals surface area (Å²) in [4.78, 5) is 25.2. The summed E-state index contributed by atoms with van der Waals surface area (Å²) >= 11 is 0. The van der Waals surface area contributed by atoms with E-state index >= 15 is 0 Å². The van der Waals surface area contributed by atoms with Gasteiger partial charge in [-0.2, -0.15) is 0 Å². The van der Waals surface area contributed by atoms with Crippen LogP contribution < -0.4 is 5.32 Å². The number of imide groups is 1. The molecule has 2 rings (SSSR count). The van der Waals surface area contributed by atoms with E-state index in [2.05, 4.69) is 12.2 Å². The van der Waals surface area contributed by atoms with Gasteiger partial charge < -0.3 is 5.32 Å². The molecule has 0 aromatic heterocycles. The Morgan fingerprint density at radius 2 is 1.76 bits per heavy atom. The number of hydrogen-bond donors (Lipinski definition) is 1. The summed E-state index contributed by atoms with van der Waals surface area (Å²) in [6.45, 7) is 7.23. The fraction of sp³-hybridized carbons (Fsp3) is 0.846. The van der Waals surface area contributed by atoms with Crippen molar-refractivity contribution < 1.29 is 9.59 Å². The van der Waals surface area contributed by atoms with E-state index < -0.39 is 0 Å². The number of amides is 2. The number of carbonyl (C=O) groups excluding carboxylic acids is 2. The third kappa shape index (κ3) is 2.68. The molecule has 2 aliphatic rings. The topological polar surface area (TPSA) is 49.4 Å². The van der Waals surface area contributed by atoms with Crippen LogP contribution in [0.2, 0.25) is 0 Å². The lowest BCUT2D eigenvalue weighted by Crippen LogP contribution is -2.38. The Kier molecular flexibility index (Phi) is 3.52. The summed E-state index contributed by atoms with van der Waals surface area (Å²) in [6, 6.07) is 0.681. The molecule has 1 aliphatic heterocycles. The van der Waals surface area contributed by atoms with Crippen LogP contribution in [0.15, 0.2) is 0 Å². The summed E-state index contributed by atoms with van der Waals surface area (Å²) in [7, 11) is 0. The molecule has 4 heteroatoms. The molecule has 1 saturated heterocycles. The number of hydrogen-bond acceptors (Lipinski definition) is 3. The van der Waals surface area contributed by atoms with Gasteiger partial charge in [-0.3, -0.25) is 14.5 Å². The minimum Gasteiger partial charge on any atom is -0.314 e. The SMILES string of the molecule is CC(CNC1CC1)CN1C(=O)C(C)C(C)C1=O. The van der Waals surface area contributed by atoms with Crippen LogP contribution in [-0.2, 0) is 9.59 Å². The first-order valence-electron chi connectivity index (χ1n) is 6.59. The molecule has 2 fully saturated rings. The van der Waals surface area contributed by atoms with Gasteiger partial charge in [0.05, 0.1) is 0 Å². The monoisotopic (exact) mass is 238 g/mol. The van der Waals surface area contributed by atoms with Crippen LogP contribution in [0.25, 0.3) is 0 Å². The second-order valence-corrected chi connectivity index (χ2v) is 5.65. The Balaban J connectivity index is 1.84. The minimum absolute atomic E-state index is 0.000715. The molecule has 96 valence electrons. The van der Waals surface area contributed by atoms with E-state index in [1.165, 1.54) is 17.7 Å². The van der Waals surface area contributed by atoms with E-state index in [9.17, 15) is 9.59 Å². The highest BCUT2D eigenvalue weighted by molar-refractivity contribution is 6.04. The summed E-state index contributed by atoms with van der Waals surface area (Å²) < 4.78 is 0. The predicted octanol–water partition coefficient (Wildman–Crippen LogP) is 1.02. The molecule has 0 aromatic rings. The molecule has 1 aliphatic carbocycles. The van der Waals surface area contributed by atoms with Crippen molar-refractivity contribution >= 4 is 11.8 Å². The Hall–Kier alpha value is -0.900. The molecular formula is C13H22N2O2. The average Bonchev–Trinajstić information content (AvgIpc) is 3.10. The van der Waals surface area contributed by atoms with E-state index in [1.807, 2.05) is 13.8 Å². The van der Waals surface area contributed by atoms with E-state index in [1.54, 1.807) is 0 Å². The first kappa shape index (κ1) is 12.6. The molecule has 1 heterocycles. The Morgan fingerprint density at radius 1 is 1.24 bits per heavy atom. The second-order valence-electron chi connectivity index (χ2n) is 5.65. The van der Waals surface area contributed by atoms with Crippen molar-refractivity contribution in [3.05, 3.63) is 0 Å². The van der Waals surface area contributed by atoms with Gasteiger partial charge in [0.1, 0.15) is 0 Å². The summed E-state index contributed by atoms with van der Waals surface area (Å²) in [6.07, 6.45) is 2.53. The highest BCUT2D eigenvalue weighted by atomic mass is 16.2. The normalized spacial score (nSPS) is 31.1. The van der Waals surface area contributed by atoms with Gasteiger partial charge in [0.2, 0.25) is 11.8 Å². The summed E-state index contributed by atoms with van der Waals surface area (Å²) in [5, 5.41) is 3.43. The van der Waals surface area contributed by atoms with Crippen LogP contribution in [0.5, 0.6) is 0 Å². The molecule has 0 spiro atoms. The molecule has 0 bridgehead atoms. The third-order valence-electron chi connectivity index (χ3n) is 3.89. The van der Waals surface area contributed by atoms with Gasteiger partial charge in [-0.1, -0.05) is 20.8 Å². The molecular weight excluding hydrogens is 216 g/mol. The zero-order valence-electron chi connectivity index (χ0n) is 10.9. The molecule has 1 N–H and O–H groups in total. The predicted molar refractivity (Wildman–Crippen MR) is 65.2 cm³/mol. The summed E-state index contributed by atoms with van der Waals surface area (Å²) in [5.74, 6) is 0.0414. The molecule has 17 heavy (non-hydrogen) atoms. The number of carbonyl (C=O) groups is 2. The van der Waals surface area contributed by atoms with Crippen molar-refractivity contribution in [1.29, 1.82) is 0 Å². The van der Waals surface area contributed by atoms with E-state index in [4.69, 9.17) is 0 Å². The largest absolute Gasteiger partial charge is 0.314 e. The van der Waals surface area contributed by atoms with Crippen LogP contribution in [0.1, 0.15) is 33.6 Å². The molecule has 0 radical (unpaired) electrons. The van der Waals surface area contributed by atoms with Gasteiger partial charge in [0, 0.05) is 24.4 Å². The van der Waals surface area contributed by atoms with Gasteiger partial charge in [-0.05, 0) is 25.3 Å². The van der Waals surface area contributed by atoms with Crippen LogP contribution in [0.3, 0.4) is 0 Å². The number of rotatable bonds is 5. The van der Waals surface area contributed by atoms with Crippen LogP contribution in [0, 0.1) is 17.8 Å². The van der Waals surface area contributed by atoms with Gasteiger partial charge in [-0.15, -0.1) is 0 Å². The Labute approximate surface area is 103 Å². The second kappa shape index (κ2) is 4.77. The third-order valence-corrected chi connectivity index (χ3v) is 3.89. The van der Waals surface area contributed by atoms with Crippen LogP contribution in [0.4, 0.5) is 0 Å². The van der Waals surface area contributed by atoms with Crippen LogP contribution in [-0.4, -0.2) is 35.8 Å². The van der Waals surface area contributed by atoms with E-state index in [-0.39, 0.29) is 23.7 Å². The van der Waals surface area contributed by atoms with Crippen molar-refractivity contribution in [2.24, 2.45) is 17.8 Å². The Bertz CT molecular complexity index is 305. The van der Waals surface area contributed by atoms with Crippen molar-refractivity contribution in [3.63, 3.8) is 0 Å². The standard InChI is InChI=1S/C13H22N2O2/c1-8(6-14-11-4-5-11)7-15-12(16)9(2)10(3)13(15)17/h8-11,14H,4-7H2,1-3H3. The van der Waals surface area contributed by atoms with Crippen molar-refractivity contribution in [2.45, 2.75) is 39.7 Å². The van der Waals surface area contributed by atoms with Crippen molar-refractivity contribution in [1.82, 2.24) is 10.2 Å². The lowest BCUT2D eigenvalue weighted by Gasteiger charge is -2.20. The average molecular weight is 238 g/mol. The fourth-order valence-corrected chi connectivity index (χ4v) is 2.24.